The fraction of sp³-hybridized carbons (Fsp3) is 0.500. The number of allylic oxidation sites excluding steroid dienone is 4. The van der Waals surface area contributed by atoms with Crippen LogP contribution < -0.4 is 0 Å². The summed E-state index contributed by atoms with van der Waals surface area (Å²) >= 11 is 0. The lowest BCUT2D eigenvalue weighted by atomic mass is 10.2. The molecule has 0 spiro atoms. The SMILES string of the molecule is [C]1=C(C2CC2)C=CC1. The van der Waals surface area contributed by atoms with Gasteiger partial charge in [-0.15, -0.1) is 0 Å². The fourth-order valence-corrected chi connectivity index (χ4v) is 1.10. The van der Waals surface area contributed by atoms with Crippen LogP contribution in [0.4, 0.5) is 0 Å². The van der Waals surface area contributed by atoms with Crippen molar-refractivity contribution in [3.05, 3.63) is 23.8 Å². The van der Waals surface area contributed by atoms with E-state index in [1.165, 1.54) is 18.4 Å². The van der Waals surface area contributed by atoms with Gasteiger partial charge in [-0.05, 0) is 36.8 Å². The van der Waals surface area contributed by atoms with E-state index >= 15 is 0 Å². The van der Waals surface area contributed by atoms with Crippen molar-refractivity contribution in [1.82, 2.24) is 0 Å². The molecular weight excluding hydrogens is 96.1 g/mol. The van der Waals surface area contributed by atoms with Crippen molar-refractivity contribution in [2.75, 3.05) is 0 Å². The van der Waals surface area contributed by atoms with Crippen LogP contribution in [0.2, 0.25) is 0 Å². The predicted molar refractivity (Wildman–Crippen MR) is 33.2 cm³/mol. The van der Waals surface area contributed by atoms with E-state index in [4.69, 9.17) is 0 Å². The van der Waals surface area contributed by atoms with Crippen LogP contribution in [0.3, 0.4) is 0 Å². The number of hydrogen-bond donors (Lipinski definition) is 0. The average Bonchev–Trinajstić information content (AvgIpc) is 2.49. The van der Waals surface area contributed by atoms with Gasteiger partial charge in [-0.25, -0.2) is 0 Å². The fourth-order valence-electron chi connectivity index (χ4n) is 1.10. The summed E-state index contributed by atoms with van der Waals surface area (Å²) in [6, 6.07) is 0. The summed E-state index contributed by atoms with van der Waals surface area (Å²) in [5.74, 6) is 0.911. The number of rotatable bonds is 1. The lowest BCUT2D eigenvalue weighted by Gasteiger charge is -1.87. The van der Waals surface area contributed by atoms with Crippen LogP contribution in [-0.2, 0) is 0 Å². The van der Waals surface area contributed by atoms with Gasteiger partial charge in [0.2, 0.25) is 0 Å². The van der Waals surface area contributed by atoms with Crippen LogP contribution >= 0.6 is 0 Å². The Balaban J connectivity index is 2.13. The van der Waals surface area contributed by atoms with Crippen molar-refractivity contribution < 1.29 is 0 Å². The molecule has 0 aromatic carbocycles. The summed E-state index contributed by atoms with van der Waals surface area (Å²) in [5.41, 5.74) is 1.48. The summed E-state index contributed by atoms with van der Waals surface area (Å²) in [7, 11) is 0. The number of hydrogen-bond acceptors (Lipinski definition) is 0. The monoisotopic (exact) mass is 105 g/mol. The van der Waals surface area contributed by atoms with E-state index in [2.05, 4.69) is 18.2 Å². The molecule has 0 nitrogen and oxygen atoms in total. The molecule has 0 aromatic rings. The third kappa shape index (κ3) is 0.605. The highest BCUT2D eigenvalue weighted by atomic mass is 14.3. The van der Waals surface area contributed by atoms with Gasteiger partial charge in [0.25, 0.3) is 0 Å². The van der Waals surface area contributed by atoms with E-state index in [9.17, 15) is 0 Å². The highest BCUT2D eigenvalue weighted by Crippen LogP contribution is 2.38. The second kappa shape index (κ2) is 1.48. The largest absolute Gasteiger partial charge is 0.0798 e. The van der Waals surface area contributed by atoms with Gasteiger partial charge in [0.1, 0.15) is 0 Å². The molecule has 0 unspecified atom stereocenters. The molecule has 0 aliphatic heterocycles. The van der Waals surface area contributed by atoms with Gasteiger partial charge >= 0.3 is 0 Å². The van der Waals surface area contributed by atoms with Crippen molar-refractivity contribution in [2.24, 2.45) is 5.92 Å². The molecule has 41 valence electrons. The normalized spacial score (nSPS) is 26.2. The third-order valence-electron chi connectivity index (χ3n) is 1.74. The molecule has 0 heterocycles. The minimum atomic E-state index is 0.911. The van der Waals surface area contributed by atoms with E-state index < -0.39 is 0 Å². The Hall–Kier alpha value is -0.520. The molecule has 1 saturated carbocycles. The Morgan fingerprint density at radius 3 is 2.88 bits per heavy atom. The van der Waals surface area contributed by atoms with Crippen molar-refractivity contribution in [3.63, 3.8) is 0 Å². The van der Waals surface area contributed by atoms with Gasteiger partial charge in [0.15, 0.2) is 0 Å². The molecule has 1 fully saturated rings. The maximum Gasteiger partial charge on any atom is -0.00884 e. The highest BCUT2D eigenvalue weighted by Gasteiger charge is 2.24. The van der Waals surface area contributed by atoms with Gasteiger partial charge < -0.3 is 0 Å². The van der Waals surface area contributed by atoms with Crippen LogP contribution in [0.5, 0.6) is 0 Å². The van der Waals surface area contributed by atoms with Crippen molar-refractivity contribution >= 4 is 0 Å². The zero-order valence-electron chi connectivity index (χ0n) is 4.85. The van der Waals surface area contributed by atoms with Gasteiger partial charge in [-0.3, -0.25) is 0 Å². The van der Waals surface area contributed by atoms with E-state index in [1.54, 1.807) is 0 Å². The minimum Gasteiger partial charge on any atom is -0.0798 e. The Morgan fingerprint density at radius 2 is 2.38 bits per heavy atom. The van der Waals surface area contributed by atoms with E-state index in [1.807, 2.05) is 0 Å². The summed E-state index contributed by atoms with van der Waals surface area (Å²) in [6.07, 6.45) is 11.6. The molecule has 0 saturated heterocycles. The minimum absolute atomic E-state index is 0.911. The Bertz CT molecular complexity index is 147. The quantitative estimate of drug-likeness (QED) is 0.479. The zero-order chi connectivity index (χ0) is 5.40. The second-order valence-electron chi connectivity index (χ2n) is 2.51. The third-order valence-corrected chi connectivity index (χ3v) is 1.74. The summed E-state index contributed by atoms with van der Waals surface area (Å²) in [4.78, 5) is 0. The molecule has 2 aliphatic rings. The maximum atomic E-state index is 3.32. The Morgan fingerprint density at radius 1 is 1.50 bits per heavy atom. The molecule has 2 rings (SSSR count). The molecule has 2 aliphatic carbocycles. The van der Waals surface area contributed by atoms with E-state index in [0.29, 0.717) is 0 Å². The lowest BCUT2D eigenvalue weighted by Crippen LogP contribution is -1.73. The summed E-state index contributed by atoms with van der Waals surface area (Å²) < 4.78 is 0. The standard InChI is InChI=1S/C8H9/c1-2-4-7(3-1)8-5-6-8/h1,3,8H,2,5-6H2. The Labute approximate surface area is 49.9 Å². The van der Waals surface area contributed by atoms with Crippen molar-refractivity contribution in [3.8, 4) is 0 Å². The average molecular weight is 105 g/mol. The molecular formula is C8H9. The zero-order valence-corrected chi connectivity index (χ0v) is 4.85. The molecule has 0 amide bonds. The topological polar surface area (TPSA) is 0 Å². The molecule has 0 heteroatoms. The molecule has 0 bridgehead atoms. The first kappa shape index (κ1) is 4.37. The second-order valence-corrected chi connectivity index (χ2v) is 2.51. The van der Waals surface area contributed by atoms with E-state index in [0.717, 1.165) is 12.3 Å². The van der Waals surface area contributed by atoms with Crippen LogP contribution in [0.1, 0.15) is 19.3 Å². The predicted octanol–water partition coefficient (Wildman–Crippen LogP) is 2.09. The summed E-state index contributed by atoms with van der Waals surface area (Å²) in [6.45, 7) is 0. The van der Waals surface area contributed by atoms with Crippen molar-refractivity contribution in [2.45, 2.75) is 19.3 Å². The molecule has 0 N–H and O–H groups in total. The smallest absolute Gasteiger partial charge is 0.00884 e. The van der Waals surface area contributed by atoms with Crippen LogP contribution in [0.25, 0.3) is 0 Å². The van der Waals surface area contributed by atoms with Gasteiger partial charge in [0, 0.05) is 0 Å². The van der Waals surface area contributed by atoms with E-state index in [-0.39, 0.29) is 0 Å². The van der Waals surface area contributed by atoms with Crippen LogP contribution in [-0.4, -0.2) is 0 Å². The lowest BCUT2D eigenvalue weighted by molar-refractivity contribution is 1.04. The maximum absolute atomic E-state index is 3.32. The molecule has 1 radical (unpaired) electrons. The first-order valence-corrected chi connectivity index (χ1v) is 3.24. The molecule has 0 atom stereocenters. The first-order valence-electron chi connectivity index (χ1n) is 3.24. The van der Waals surface area contributed by atoms with Crippen LogP contribution in [0, 0.1) is 12.0 Å². The first-order chi connectivity index (χ1) is 3.97. The highest BCUT2D eigenvalue weighted by molar-refractivity contribution is 5.27. The molecule has 8 heavy (non-hydrogen) atoms. The van der Waals surface area contributed by atoms with Gasteiger partial charge in [-0.2, -0.15) is 0 Å². The van der Waals surface area contributed by atoms with Gasteiger partial charge in [-0.1, -0.05) is 12.2 Å². The van der Waals surface area contributed by atoms with Crippen molar-refractivity contribution in [1.29, 1.82) is 0 Å². The molecule has 0 aromatic heterocycles. The summed E-state index contributed by atoms with van der Waals surface area (Å²) in [5, 5.41) is 0. The van der Waals surface area contributed by atoms with Gasteiger partial charge in [0.05, 0.1) is 0 Å². The Kier molecular flexibility index (Phi) is 0.806. The van der Waals surface area contributed by atoms with Crippen LogP contribution in [0.15, 0.2) is 17.7 Å².